The fraction of sp³-hybridized carbons (Fsp3) is 0.400. The Labute approximate surface area is 157 Å². The molecule has 0 spiro atoms. The van der Waals surface area contributed by atoms with E-state index in [1.54, 1.807) is 0 Å². The lowest BCUT2D eigenvalue weighted by molar-refractivity contribution is -0.0459. The van der Waals surface area contributed by atoms with Gasteiger partial charge in [0.05, 0.1) is 12.7 Å². The van der Waals surface area contributed by atoms with Gasteiger partial charge in [0.15, 0.2) is 0 Å². The van der Waals surface area contributed by atoms with Crippen LogP contribution in [0.5, 0.6) is 0 Å². The molecule has 2 heterocycles. The number of hydrogen-bond acceptors (Lipinski definition) is 5. The van der Waals surface area contributed by atoms with E-state index in [-0.39, 0.29) is 18.6 Å². The number of aliphatic hydroxyl groups is 2. The van der Waals surface area contributed by atoms with Crippen LogP contribution < -0.4 is 11.2 Å². The van der Waals surface area contributed by atoms with Gasteiger partial charge in [-0.05, 0) is 19.1 Å². The number of aromatic nitrogens is 2. The van der Waals surface area contributed by atoms with Crippen LogP contribution in [0.2, 0.25) is 0 Å². The summed E-state index contributed by atoms with van der Waals surface area (Å²) in [6.07, 6.45) is -0.945. The van der Waals surface area contributed by atoms with Gasteiger partial charge >= 0.3 is 5.69 Å². The molecule has 0 saturated carbocycles. The maximum absolute atomic E-state index is 12.0. The van der Waals surface area contributed by atoms with Gasteiger partial charge < -0.3 is 14.9 Å². The minimum Gasteiger partial charge on any atom is -0.394 e. The van der Waals surface area contributed by atoms with E-state index in [2.05, 4.69) is 16.8 Å². The van der Waals surface area contributed by atoms with Crippen molar-refractivity contribution >= 4 is 0 Å². The normalized spacial score (nSPS) is 21.0. The number of hydrogen-bond donors (Lipinski definition) is 3. The highest BCUT2D eigenvalue weighted by Crippen LogP contribution is 2.27. The van der Waals surface area contributed by atoms with Gasteiger partial charge in [-0.1, -0.05) is 43.4 Å². The minimum absolute atomic E-state index is 0.116. The molecule has 3 N–H and O–H groups in total. The van der Waals surface area contributed by atoms with Crippen molar-refractivity contribution in [2.75, 3.05) is 6.61 Å². The first-order chi connectivity index (χ1) is 13.0. The van der Waals surface area contributed by atoms with Crippen molar-refractivity contribution in [1.82, 2.24) is 9.55 Å². The van der Waals surface area contributed by atoms with E-state index in [1.165, 1.54) is 10.8 Å². The van der Waals surface area contributed by atoms with E-state index in [4.69, 9.17) is 9.84 Å². The monoisotopic (exact) mass is 372 g/mol. The molecule has 27 heavy (non-hydrogen) atoms. The standard InChI is InChI=1S/C18H18N2O5.C2H6/c1-11-2-4-12(5-3-11)6-7-13-9-20(18(24)19-17(13)23)16-8-14(22)15(10-21)25-16;1-2/h2-5,9,14-16,21-22H,8,10H2,1H3,(H,19,23,24);1-2H3/t14-,15?,16?;/m1./s1. The lowest BCUT2D eigenvalue weighted by Crippen LogP contribution is -2.33. The Morgan fingerprint density at radius 3 is 2.48 bits per heavy atom. The zero-order chi connectivity index (χ0) is 20.0. The molecule has 1 aliphatic rings. The number of rotatable bonds is 2. The van der Waals surface area contributed by atoms with E-state index in [0.717, 1.165) is 11.1 Å². The molecule has 7 heteroatoms. The quantitative estimate of drug-likeness (QED) is 0.680. The molecule has 1 aliphatic heterocycles. The molecule has 0 amide bonds. The van der Waals surface area contributed by atoms with E-state index >= 15 is 0 Å². The molecule has 2 unspecified atom stereocenters. The van der Waals surface area contributed by atoms with Crippen LogP contribution in [-0.4, -0.2) is 38.6 Å². The summed E-state index contributed by atoms with van der Waals surface area (Å²) in [5, 5.41) is 19.0. The molecule has 0 bridgehead atoms. The molecule has 3 rings (SSSR count). The molecular weight excluding hydrogens is 348 g/mol. The average molecular weight is 372 g/mol. The van der Waals surface area contributed by atoms with Crippen LogP contribution in [0.4, 0.5) is 0 Å². The fourth-order valence-electron chi connectivity index (χ4n) is 2.61. The second kappa shape index (κ2) is 9.33. The molecule has 1 saturated heterocycles. The summed E-state index contributed by atoms with van der Waals surface area (Å²) < 4.78 is 6.63. The molecule has 3 atom stereocenters. The zero-order valence-corrected chi connectivity index (χ0v) is 15.6. The minimum atomic E-state index is -0.879. The number of nitrogens with zero attached hydrogens (tertiary/aromatic N) is 1. The Balaban J connectivity index is 0.00000126. The summed E-state index contributed by atoms with van der Waals surface area (Å²) in [5.41, 5.74) is 0.730. The Morgan fingerprint density at radius 1 is 1.22 bits per heavy atom. The van der Waals surface area contributed by atoms with Crippen LogP contribution in [0.15, 0.2) is 40.1 Å². The van der Waals surface area contributed by atoms with Gasteiger partial charge in [-0.15, -0.1) is 0 Å². The SMILES string of the molecule is CC.Cc1ccc(C#Cc2cn(C3C[C@@H](O)C(CO)O3)c(=O)[nH]c2=O)cc1. The molecular formula is C20H24N2O5. The number of H-pyrrole nitrogens is 1. The van der Waals surface area contributed by atoms with Crippen molar-refractivity contribution in [3.8, 4) is 11.8 Å². The summed E-state index contributed by atoms with van der Waals surface area (Å²) in [6, 6.07) is 7.51. The van der Waals surface area contributed by atoms with Crippen LogP contribution in [0, 0.1) is 18.8 Å². The fourth-order valence-corrected chi connectivity index (χ4v) is 2.61. The van der Waals surface area contributed by atoms with Gasteiger partial charge in [0, 0.05) is 18.2 Å². The highest BCUT2D eigenvalue weighted by molar-refractivity contribution is 5.41. The smallest absolute Gasteiger partial charge is 0.330 e. The van der Waals surface area contributed by atoms with Crippen LogP contribution in [0.3, 0.4) is 0 Å². The van der Waals surface area contributed by atoms with Crippen molar-refractivity contribution in [3.05, 3.63) is 68.0 Å². The number of ether oxygens (including phenoxy) is 1. The third kappa shape index (κ3) is 4.95. The van der Waals surface area contributed by atoms with E-state index < -0.39 is 29.7 Å². The van der Waals surface area contributed by atoms with Crippen LogP contribution >= 0.6 is 0 Å². The first-order valence-electron chi connectivity index (χ1n) is 8.86. The third-order valence-corrected chi connectivity index (χ3v) is 4.06. The van der Waals surface area contributed by atoms with Gasteiger partial charge in [-0.3, -0.25) is 14.3 Å². The Kier molecular flexibility index (Phi) is 7.13. The lowest BCUT2D eigenvalue weighted by atomic mass is 10.1. The molecule has 0 aliphatic carbocycles. The van der Waals surface area contributed by atoms with Gasteiger partial charge in [-0.2, -0.15) is 0 Å². The number of aromatic amines is 1. The van der Waals surface area contributed by atoms with Gasteiger partial charge in [0.1, 0.15) is 17.9 Å². The second-order valence-corrected chi connectivity index (χ2v) is 5.94. The lowest BCUT2D eigenvalue weighted by Gasteiger charge is -2.14. The van der Waals surface area contributed by atoms with E-state index in [0.29, 0.717) is 0 Å². The predicted octanol–water partition coefficient (Wildman–Crippen LogP) is 0.912. The Bertz CT molecular complexity index is 934. The third-order valence-electron chi connectivity index (χ3n) is 4.06. The van der Waals surface area contributed by atoms with Crippen molar-refractivity contribution in [2.45, 2.75) is 45.6 Å². The number of benzene rings is 1. The number of aliphatic hydroxyl groups excluding tert-OH is 2. The summed E-state index contributed by atoms with van der Waals surface area (Å²) in [7, 11) is 0. The van der Waals surface area contributed by atoms with Crippen molar-refractivity contribution in [1.29, 1.82) is 0 Å². The molecule has 144 valence electrons. The molecule has 7 nitrogen and oxygen atoms in total. The Morgan fingerprint density at radius 2 is 1.89 bits per heavy atom. The molecule has 2 aromatic rings. The van der Waals surface area contributed by atoms with Gasteiger partial charge in [0.25, 0.3) is 5.56 Å². The maximum atomic E-state index is 12.0. The number of nitrogens with one attached hydrogen (secondary N) is 1. The van der Waals surface area contributed by atoms with Crippen molar-refractivity contribution < 1.29 is 14.9 Å². The van der Waals surface area contributed by atoms with Crippen molar-refractivity contribution in [3.63, 3.8) is 0 Å². The Hall–Kier alpha value is -2.66. The zero-order valence-electron chi connectivity index (χ0n) is 15.6. The molecule has 1 aromatic carbocycles. The highest BCUT2D eigenvalue weighted by Gasteiger charge is 2.35. The number of aryl methyl sites for hydroxylation is 1. The van der Waals surface area contributed by atoms with E-state index in [9.17, 15) is 14.7 Å². The largest absolute Gasteiger partial charge is 0.394 e. The molecule has 1 aromatic heterocycles. The molecule has 1 fully saturated rings. The maximum Gasteiger partial charge on any atom is 0.330 e. The summed E-state index contributed by atoms with van der Waals surface area (Å²) in [4.78, 5) is 26.2. The second-order valence-electron chi connectivity index (χ2n) is 5.94. The van der Waals surface area contributed by atoms with Gasteiger partial charge in [0.2, 0.25) is 0 Å². The first-order valence-corrected chi connectivity index (χ1v) is 8.86. The average Bonchev–Trinajstić information content (AvgIpc) is 3.04. The van der Waals surface area contributed by atoms with Crippen molar-refractivity contribution in [2.24, 2.45) is 0 Å². The van der Waals surface area contributed by atoms with Crippen LogP contribution in [0.1, 0.15) is 43.2 Å². The first kappa shape index (κ1) is 20.6. The molecule has 0 radical (unpaired) electrons. The van der Waals surface area contributed by atoms with Crippen LogP contribution in [0.25, 0.3) is 0 Å². The summed E-state index contributed by atoms with van der Waals surface area (Å²) in [6.45, 7) is 5.61. The predicted molar refractivity (Wildman–Crippen MR) is 101 cm³/mol. The summed E-state index contributed by atoms with van der Waals surface area (Å²) >= 11 is 0. The van der Waals surface area contributed by atoms with Crippen LogP contribution in [-0.2, 0) is 4.74 Å². The summed E-state index contributed by atoms with van der Waals surface area (Å²) in [5.74, 6) is 5.63. The highest BCUT2D eigenvalue weighted by atomic mass is 16.5. The van der Waals surface area contributed by atoms with Gasteiger partial charge in [-0.25, -0.2) is 4.79 Å². The topological polar surface area (TPSA) is 105 Å². The van der Waals surface area contributed by atoms with E-state index in [1.807, 2.05) is 45.0 Å².